The fourth-order valence-electron chi connectivity index (χ4n) is 5.67. The average Bonchev–Trinajstić information content (AvgIpc) is 3.19. The second kappa shape index (κ2) is 9.62. The molecule has 198 valence electrons. The lowest BCUT2D eigenvalue weighted by Gasteiger charge is -2.19. The first-order chi connectivity index (χ1) is 18.3. The Hall–Kier alpha value is -3.59. The minimum absolute atomic E-state index is 0.00828. The van der Waals surface area contributed by atoms with E-state index in [1.165, 1.54) is 5.56 Å². The number of carbonyl (C=O) groups is 2. The van der Waals surface area contributed by atoms with E-state index in [4.69, 9.17) is 9.26 Å². The Bertz CT molecular complexity index is 1370. The normalized spacial score (nSPS) is 24.2. The molecular formula is C29H33N5O4. The van der Waals surface area contributed by atoms with Crippen molar-refractivity contribution < 1.29 is 18.8 Å². The van der Waals surface area contributed by atoms with Crippen LogP contribution < -0.4 is 10.6 Å². The van der Waals surface area contributed by atoms with Crippen LogP contribution in [-0.4, -0.2) is 40.2 Å². The van der Waals surface area contributed by atoms with Crippen LogP contribution in [0.4, 0.5) is 5.82 Å². The minimum atomic E-state index is -0.351. The van der Waals surface area contributed by atoms with Crippen molar-refractivity contribution in [2.24, 2.45) is 17.8 Å². The summed E-state index contributed by atoms with van der Waals surface area (Å²) in [6.07, 6.45) is 5.56. The number of aryl methyl sites for hydroxylation is 1. The van der Waals surface area contributed by atoms with Gasteiger partial charge in [-0.1, -0.05) is 50.5 Å². The summed E-state index contributed by atoms with van der Waals surface area (Å²) >= 11 is 0. The van der Waals surface area contributed by atoms with Crippen molar-refractivity contribution in [3.05, 3.63) is 59.4 Å². The van der Waals surface area contributed by atoms with Gasteiger partial charge < -0.3 is 19.9 Å². The predicted octanol–water partition coefficient (Wildman–Crippen LogP) is 4.46. The van der Waals surface area contributed by atoms with E-state index in [-0.39, 0.29) is 35.1 Å². The molecule has 0 bridgehead atoms. The number of hydrogen-bond donors (Lipinski definition) is 2. The van der Waals surface area contributed by atoms with Gasteiger partial charge in [0, 0.05) is 17.5 Å². The van der Waals surface area contributed by atoms with E-state index in [1.807, 2.05) is 32.9 Å². The lowest BCUT2D eigenvalue weighted by atomic mass is 9.94. The van der Waals surface area contributed by atoms with Crippen LogP contribution in [0.3, 0.4) is 0 Å². The van der Waals surface area contributed by atoms with Gasteiger partial charge in [-0.3, -0.25) is 9.59 Å². The number of pyridine rings is 1. The Morgan fingerprint density at radius 3 is 2.58 bits per heavy atom. The maximum absolute atomic E-state index is 12.9. The van der Waals surface area contributed by atoms with Gasteiger partial charge in [0.1, 0.15) is 5.82 Å². The molecule has 38 heavy (non-hydrogen) atoms. The summed E-state index contributed by atoms with van der Waals surface area (Å²) in [6, 6.07) is 10.1. The van der Waals surface area contributed by atoms with Crippen LogP contribution in [0.1, 0.15) is 73.7 Å². The number of amides is 2. The van der Waals surface area contributed by atoms with Crippen LogP contribution in [0.5, 0.6) is 0 Å². The fraction of sp³-hybridized carbons (Fsp3) is 0.483. The first-order valence-corrected chi connectivity index (χ1v) is 13.4. The molecule has 2 amide bonds. The average molecular weight is 516 g/mol. The van der Waals surface area contributed by atoms with Crippen molar-refractivity contribution in [1.82, 2.24) is 20.4 Å². The number of benzene rings is 1. The second-order valence-electron chi connectivity index (χ2n) is 11.7. The molecular weight excluding hydrogens is 482 g/mol. The molecule has 0 spiro atoms. The number of hydrogen-bond acceptors (Lipinski definition) is 7. The highest BCUT2D eigenvalue weighted by Crippen LogP contribution is 2.51. The van der Waals surface area contributed by atoms with Crippen molar-refractivity contribution in [2.45, 2.75) is 57.9 Å². The molecule has 2 fully saturated rings. The van der Waals surface area contributed by atoms with Gasteiger partial charge in [0.25, 0.3) is 0 Å². The number of fused-ring (bicyclic) bond motifs is 2. The molecule has 2 N–H and O–H groups in total. The Balaban J connectivity index is 1.18. The highest BCUT2D eigenvalue weighted by molar-refractivity contribution is 5.94. The Kier molecular flexibility index (Phi) is 6.26. The molecule has 3 aliphatic rings. The molecule has 9 heteroatoms. The topological polar surface area (TPSA) is 119 Å². The van der Waals surface area contributed by atoms with Crippen LogP contribution in [-0.2, 0) is 21.4 Å². The highest BCUT2D eigenvalue weighted by atomic mass is 16.5. The van der Waals surface area contributed by atoms with Gasteiger partial charge in [0.05, 0.1) is 19.3 Å². The maximum atomic E-state index is 12.9. The SMILES string of the molecule is CC(C)(C)c1noc(C(=O)N[C@@H]2CCCCc3cc(-c4ccnc(NC(=O)C5[C@H]6COC[C@H]56)c4)ccc32)n1. The van der Waals surface area contributed by atoms with Gasteiger partial charge in [-0.25, -0.2) is 4.98 Å². The van der Waals surface area contributed by atoms with Crippen LogP contribution >= 0.6 is 0 Å². The van der Waals surface area contributed by atoms with Crippen molar-refractivity contribution in [3.8, 4) is 11.1 Å². The number of rotatable bonds is 5. The van der Waals surface area contributed by atoms with Crippen LogP contribution in [0.25, 0.3) is 11.1 Å². The number of anilines is 1. The Morgan fingerprint density at radius 1 is 1.03 bits per heavy atom. The molecule has 1 saturated heterocycles. The summed E-state index contributed by atoms with van der Waals surface area (Å²) in [5.41, 5.74) is 4.06. The minimum Gasteiger partial charge on any atom is -0.381 e. The van der Waals surface area contributed by atoms with Crippen molar-refractivity contribution >= 4 is 17.6 Å². The first kappa shape index (κ1) is 24.7. The molecule has 1 aromatic carbocycles. The Labute approximate surface area is 221 Å². The maximum Gasteiger partial charge on any atom is 0.315 e. The van der Waals surface area contributed by atoms with Crippen LogP contribution in [0.2, 0.25) is 0 Å². The van der Waals surface area contributed by atoms with Crippen molar-refractivity contribution in [3.63, 3.8) is 0 Å². The summed E-state index contributed by atoms with van der Waals surface area (Å²) < 4.78 is 10.7. The van der Waals surface area contributed by atoms with E-state index in [9.17, 15) is 9.59 Å². The van der Waals surface area contributed by atoms with Crippen molar-refractivity contribution in [2.75, 3.05) is 18.5 Å². The fourth-order valence-corrected chi connectivity index (χ4v) is 5.67. The zero-order chi connectivity index (χ0) is 26.4. The number of nitrogens with zero attached hydrogens (tertiary/aromatic N) is 3. The summed E-state index contributed by atoms with van der Waals surface area (Å²) in [5, 5.41) is 10.1. The van der Waals surface area contributed by atoms with Crippen molar-refractivity contribution in [1.29, 1.82) is 0 Å². The van der Waals surface area contributed by atoms with E-state index in [0.717, 1.165) is 42.4 Å². The number of aromatic nitrogens is 3. The smallest absolute Gasteiger partial charge is 0.315 e. The molecule has 0 unspecified atom stereocenters. The van der Waals surface area contributed by atoms with E-state index in [1.54, 1.807) is 6.20 Å². The predicted molar refractivity (Wildman–Crippen MR) is 140 cm³/mol. The molecule has 0 radical (unpaired) electrons. The van der Waals surface area contributed by atoms with Gasteiger partial charge in [0.2, 0.25) is 5.91 Å². The zero-order valence-electron chi connectivity index (χ0n) is 22.0. The molecule has 3 atom stereocenters. The largest absolute Gasteiger partial charge is 0.381 e. The van der Waals surface area contributed by atoms with Gasteiger partial charge in [0.15, 0.2) is 5.82 Å². The third-order valence-electron chi connectivity index (χ3n) is 7.90. The monoisotopic (exact) mass is 515 g/mol. The van der Waals surface area contributed by atoms with Gasteiger partial charge in [-0.15, -0.1) is 0 Å². The summed E-state index contributed by atoms with van der Waals surface area (Å²) in [6.45, 7) is 7.29. The van der Waals surface area contributed by atoms with Gasteiger partial charge in [-0.05, 0) is 65.5 Å². The third kappa shape index (κ3) is 4.82. The molecule has 2 aromatic heterocycles. The lowest BCUT2D eigenvalue weighted by Crippen LogP contribution is -2.29. The quantitative estimate of drug-likeness (QED) is 0.482. The summed E-state index contributed by atoms with van der Waals surface area (Å²) in [5.74, 6) is 1.50. The van der Waals surface area contributed by atoms with E-state index in [0.29, 0.717) is 36.7 Å². The summed E-state index contributed by atoms with van der Waals surface area (Å²) in [4.78, 5) is 34.3. The third-order valence-corrected chi connectivity index (χ3v) is 7.90. The highest BCUT2D eigenvalue weighted by Gasteiger charge is 2.58. The molecule has 2 aliphatic carbocycles. The second-order valence-corrected chi connectivity index (χ2v) is 11.7. The number of carbonyl (C=O) groups excluding carboxylic acids is 2. The zero-order valence-corrected chi connectivity index (χ0v) is 22.0. The van der Waals surface area contributed by atoms with E-state index in [2.05, 4.69) is 44.0 Å². The molecule has 1 aliphatic heterocycles. The van der Waals surface area contributed by atoms with E-state index >= 15 is 0 Å². The molecule has 1 saturated carbocycles. The first-order valence-electron chi connectivity index (χ1n) is 13.4. The molecule has 9 nitrogen and oxygen atoms in total. The molecule has 3 heterocycles. The lowest BCUT2D eigenvalue weighted by molar-refractivity contribution is -0.118. The number of nitrogens with one attached hydrogen (secondary N) is 2. The van der Waals surface area contributed by atoms with Crippen LogP contribution in [0, 0.1) is 17.8 Å². The van der Waals surface area contributed by atoms with Crippen LogP contribution in [0.15, 0.2) is 41.1 Å². The molecule has 6 rings (SSSR count). The number of ether oxygens (including phenoxy) is 1. The Morgan fingerprint density at radius 2 is 1.82 bits per heavy atom. The van der Waals surface area contributed by atoms with Gasteiger partial charge in [-0.2, -0.15) is 4.98 Å². The summed E-state index contributed by atoms with van der Waals surface area (Å²) in [7, 11) is 0. The van der Waals surface area contributed by atoms with E-state index < -0.39 is 0 Å². The molecule has 3 aromatic rings. The standard InChI is InChI=1S/C29H33N5O4/c1-29(2,3)28-33-27(38-34-28)26(36)31-22-7-5-4-6-18-12-16(8-9-19(18)22)17-10-11-30-23(13-17)32-25(35)24-20-14-37-15-21(20)24/h8-13,20-22,24H,4-7,14-15H2,1-3H3,(H,31,36)(H,30,32,35)/t20-,21-,22+/m0/s1. The van der Waals surface area contributed by atoms with Gasteiger partial charge >= 0.3 is 11.8 Å².